The number of hydrogen-bond donors (Lipinski definition) is 2. The molecule has 2 heterocycles. The SMILES string of the molecule is O=C(CCCn1nnc(-c2ccc(F)cc2)n1)NC[C@@H]1C[C@H](F)CN1. The minimum absolute atomic E-state index is 0.00852. The molecule has 25 heavy (non-hydrogen) atoms. The molecular formula is C16H20F2N6O. The molecule has 9 heteroatoms. The van der Waals surface area contributed by atoms with E-state index in [1.165, 1.54) is 16.9 Å². The first-order valence-corrected chi connectivity index (χ1v) is 8.28. The first kappa shape index (κ1) is 17.4. The lowest BCUT2D eigenvalue weighted by Crippen LogP contribution is -2.37. The van der Waals surface area contributed by atoms with Gasteiger partial charge in [-0.15, -0.1) is 10.2 Å². The standard InChI is InChI=1S/C16H20F2N6O/c17-12-5-3-11(4-6-12)16-21-23-24(22-16)7-1-2-15(25)20-10-14-8-13(18)9-19-14/h3-6,13-14,19H,1-2,7-10H2,(H,20,25)/t13-,14-/m0/s1. The number of nitrogens with zero attached hydrogens (tertiary/aromatic N) is 4. The summed E-state index contributed by atoms with van der Waals surface area (Å²) in [7, 11) is 0. The van der Waals surface area contributed by atoms with E-state index in [1.807, 2.05) is 0 Å². The van der Waals surface area contributed by atoms with Crippen LogP contribution < -0.4 is 10.6 Å². The fraction of sp³-hybridized carbons (Fsp3) is 0.500. The molecule has 1 aliphatic rings. The molecule has 7 nitrogen and oxygen atoms in total. The van der Waals surface area contributed by atoms with Crippen LogP contribution in [0.3, 0.4) is 0 Å². The van der Waals surface area contributed by atoms with Gasteiger partial charge in [0.05, 0.1) is 6.54 Å². The fourth-order valence-corrected chi connectivity index (χ4v) is 2.68. The molecule has 2 atom stereocenters. The number of halogens is 2. The Labute approximate surface area is 143 Å². The largest absolute Gasteiger partial charge is 0.355 e. The van der Waals surface area contributed by atoms with E-state index < -0.39 is 6.17 Å². The van der Waals surface area contributed by atoms with Crippen LogP contribution in [0, 0.1) is 5.82 Å². The maximum absolute atomic E-state index is 13.0. The second kappa shape index (κ2) is 8.11. The highest BCUT2D eigenvalue weighted by Gasteiger charge is 2.23. The van der Waals surface area contributed by atoms with Gasteiger partial charge < -0.3 is 10.6 Å². The number of amides is 1. The van der Waals surface area contributed by atoms with Crippen LogP contribution in [0.25, 0.3) is 11.4 Å². The highest BCUT2D eigenvalue weighted by molar-refractivity contribution is 5.75. The molecule has 0 saturated carbocycles. The predicted molar refractivity (Wildman–Crippen MR) is 86.8 cm³/mol. The first-order chi connectivity index (χ1) is 12.1. The van der Waals surface area contributed by atoms with Crippen LogP contribution in [0.1, 0.15) is 19.3 Å². The van der Waals surface area contributed by atoms with Gasteiger partial charge in [-0.1, -0.05) is 0 Å². The number of carbonyl (C=O) groups is 1. The Balaban J connectivity index is 1.39. The normalized spacial score (nSPS) is 19.9. The minimum Gasteiger partial charge on any atom is -0.355 e. The summed E-state index contributed by atoms with van der Waals surface area (Å²) < 4.78 is 25.9. The van der Waals surface area contributed by atoms with Crippen molar-refractivity contribution in [3.05, 3.63) is 30.1 Å². The highest BCUT2D eigenvalue weighted by Crippen LogP contribution is 2.13. The average Bonchev–Trinajstić information content (AvgIpc) is 3.23. The minimum atomic E-state index is -0.824. The summed E-state index contributed by atoms with van der Waals surface area (Å²) in [4.78, 5) is 13.2. The number of aryl methyl sites for hydroxylation is 1. The molecule has 134 valence electrons. The second-order valence-corrected chi connectivity index (χ2v) is 6.06. The third kappa shape index (κ3) is 5.02. The number of tetrazole rings is 1. The summed E-state index contributed by atoms with van der Waals surface area (Å²) in [6, 6.07) is 5.86. The van der Waals surface area contributed by atoms with E-state index >= 15 is 0 Å². The van der Waals surface area contributed by atoms with Crippen LogP contribution in [-0.4, -0.2) is 51.4 Å². The Morgan fingerprint density at radius 1 is 1.36 bits per heavy atom. The fourth-order valence-electron chi connectivity index (χ4n) is 2.68. The van der Waals surface area contributed by atoms with Gasteiger partial charge in [0.25, 0.3) is 0 Å². The van der Waals surface area contributed by atoms with Gasteiger partial charge in [0.15, 0.2) is 0 Å². The first-order valence-electron chi connectivity index (χ1n) is 8.28. The van der Waals surface area contributed by atoms with Crippen molar-refractivity contribution in [1.29, 1.82) is 0 Å². The average molecular weight is 350 g/mol. The molecule has 1 aromatic heterocycles. The van der Waals surface area contributed by atoms with Crippen molar-refractivity contribution in [2.75, 3.05) is 13.1 Å². The van der Waals surface area contributed by atoms with E-state index in [2.05, 4.69) is 26.0 Å². The van der Waals surface area contributed by atoms with Gasteiger partial charge in [0.2, 0.25) is 11.7 Å². The third-order valence-electron chi connectivity index (χ3n) is 4.03. The van der Waals surface area contributed by atoms with Crippen LogP contribution >= 0.6 is 0 Å². The Kier molecular flexibility index (Phi) is 5.64. The van der Waals surface area contributed by atoms with Crippen LogP contribution in [0.5, 0.6) is 0 Å². The molecule has 2 N–H and O–H groups in total. The smallest absolute Gasteiger partial charge is 0.220 e. The maximum atomic E-state index is 13.0. The summed E-state index contributed by atoms with van der Waals surface area (Å²) in [5.41, 5.74) is 0.681. The van der Waals surface area contributed by atoms with Gasteiger partial charge >= 0.3 is 0 Å². The maximum Gasteiger partial charge on any atom is 0.220 e. The van der Waals surface area contributed by atoms with Crippen molar-refractivity contribution < 1.29 is 13.6 Å². The monoisotopic (exact) mass is 350 g/mol. The third-order valence-corrected chi connectivity index (χ3v) is 4.03. The van der Waals surface area contributed by atoms with E-state index in [9.17, 15) is 13.6 Å². The Morgan fingerprint density at radius 2 is 2.16 bits per heavy atom. The van der Waals surface area contributed by atoms with Gasteiger partial charge in [-0.25, -0.2) is 8.78 Å². The van der Waals surface area contributed by atoms with E-state index in [0.717, 1.165) is 0 Å². The summed E-state index contributed by atoms with van der Waals surface area (Å²) in [6.45, 7) is 1.25. The van der Waals surface area contributed by atoms with Crippen molar-refractivity contribution in [2.45, 2.75) is 38.0 Å². The van der Waals surface area contributed by atoms with E-state index in [-0.39, 0.29) is 17.8 Å². The molecule has 1 amide bonds. The Hall–Kier alpha value is -2.42. The number of hydrogen-bond acceptors (Lipinski definition) is 5. The van der Waals surface area contributed by atoms with Crippen molar-refractivity contribution in [1.82, 2.24) is 30.8 Å². The molecular weight excluding hydrogens is 330 g/mol. The topological polar surface area (TPSA) is 84.7 Å². The van der Waals surface area contributed by atoms with Gasteiger partial charge in [-0.2, -0.15) is 4.80 Å². The van der Waals surface area contributed by atoms with Crippen LogP contribution in [0.15, 0.2) is 24.3 Å². The molecule has 2 aromatic rings. The Morgan fingerprint density at radius 3 is 2.88 bits per heavy atom. The summed E-state index contributed by atoms with van der Waals surface area (Å²) in [6.07, 6.45) is 0.513. The number of rotatable bonds is 7. The zero-order valence-electron chi connectivity index (χ0n) is 13.7. The lowest BCUT2D eigenvalue weighted by molar-refractivity contribution is -0.121. The van der Waals surface area contributed by atoms with Gasteiger partial charge in [0.1, 0.15) is 12.0 Å². The number of nitrogens with one attached hydrogen (secondary N) is 2. The highest BCUT2D eigenvalue weighted by atomic mass is 19.1. The van der Waals surface area contributed by atoms with Crippen LogP contribution in [0.2, 0.25) is 0 Å². The molecule has 0 aliphatic carbocycles. The number of carbonyl (C=O) groups excluding carboxylic acids is 1. The molecule has 1 aliphatic heterocycles. The van der Waals surface area contributed by atoms with Crippen molar-refractivity contribution in [2.24, 2.45) is 0 Å². The molecule has 3 rings (SSSR count). The Bertz CT molecular complexity index is 705. The van der Waals surface area contributed by atoms with Gasteiger partial charge in [-0.3, -0.25) is 4.79 Å². The predicted octanol–water partition coefficient (Wildman–Crippen LogP) is 1.08. The zero-order chi connectivity index (χ0) is 17.6. The lowest BCUT2D eigenvalue weighted by Gasteiger charge is -2.11. The number of benzene rings is 1. The van der Waals surface area contributed by atoms with Crippen molar-refractivity contribution >= 4 is 5.91 Å². The van der Waals surface area contributed by atoms with Crippen molar-refractivity contribution in [3.8, 4) is 11.4 Å². The van der Waals surface area contributed by atoms with E-state index in [0.29, 0.717) is 50.3 Å². The molecule has 1 aromatic carbocycles. The van der Waals surface area contributed by atoms with Gasteiger partial charge in [-0.05, 0) is 42.3 Å². The van der Waals surface area contributed by atoms with E-state index in [4.69, 9.17) is 0 Å². The second-order valence-electron chi connectivity index (χ2n) is 6.06. The summed E-state index contributed by atoms with van der Waals surface area (Å²) in [5.74, 6) is 0.0116. The van der Waals surface area contributed by atoms with E-state index in [1.54, 1.807) is 12.1 Å². The molecule has 0 radical (unpaired) electrons. The van der Waals surface area contributed by atoms with Crippen LogP contribution in [-0.2, 0) is 11.3 Å². The van der Waals surface area contributed by atoms with Crippen LogP contribution in [0.4, 0.5) is 8.78 Å². The number of alkyl halides is 1. The summed E-state index contributed by atoms with van der Waals surface area (Å²) in [5, 5.41) is 17.9. The molecule has 0 unspecified atom stereocenters. The van der Waals surface area contributed by atoms with Crippen molar-refractivity contribution in [3.63, 3.8) is 0 Å². The van der Waals surface area contributed by atoms with Gasteiger partial charge in [0, 0.05) is 31.1 Å². The molecule has 0 spiro atoms. The zero-order valence-corrected chi connectivity index (χ0v) is 13.7. The molecule has 1 fully saturated rings. The molecule has 1 saturated heterocycles. The lowest BCUT2D eigenvalue weighted by atomic mass is 10.2. The summed E-state index contributed by atoms with van der Waals surface area (Å²) >= 11 is 0. The molecule has 0 bridgehead atoms. The number of aromatic nitrogens is 4. The quantitative estimate of drug-likeness (QED) is 0.780.